The molecule has 0 aliphatic carbocycles. The highest BCUT2D eigenvalue weighted by Gasteiger charge is 2.05. The number of ether oxygens (including phenoxy) is 1. The number of nitrogens with zero attached hydrogens (tertiary/aromatic N) is 3. The fourth-order valence-corrected chi connectivity index (χ4v) is 3.86. The maximum absolute atomic E-state index is 12.0. The third-order valence-electron chi connectivity index (χ3n) is 5.90. The number of amides is 1. The molecule has 0 fully saturated rings. The molecular weight excluding hydrogens is 416 g/mol. The van der Waals surface area contributed by atoms with Gasteiger partial charge in [0.15, 0.2) is 11.5 Å². The molecule has 0 spiro atoms. The van der Waals surface area contributed by atoms with Crippen LogP contribution in [0.4, 0.5) is 0 Å². The lowest BCUT2D eigenvalue weighted by Crippen LogP contribution is -2.22. The van der Waals surface area contributed by atoms with E-state index in [9.17, 15) is 9.90 Å². The van der Waals surface area contributed by atoms with Crippen molar-refractivity contribution in [2.75, 3.05) is 7.11 Å². The third-order valence-corrected chi connectivity index (χ3v) is 5.90. The number of hydrogen-bond acceptors (Lipinski definition) is 5. The largest absolute Gasteiger partial charge is 0.504 e. The minimum Gasteiger partial charge on any atom is -0.504 e. The smallest absolute Gasteiger partial charge is 0.220 e. The second-order valence-corrected chi connectivity index (χ2v) is 8.79. The summed E-state index contributed by atoms with van der Waals surface area (Å²) in [5.74, 6) is 0.578. The molecule has 2 N–H and O–H groups in total. The molecule has 2 rings (SSSR count). The number of aryl methyl sites for hydroxylation is 2. The first kappa shape index (κ1) is 26.7. The zero-order valence-corrected chi connectivity index (χ0v) is 20.5. The highest BCUT2D eigenvalue weighted by atomic mass is 16.5. The number of benzene rings is 1. The van der Waals surface area contributed by atoms with Gasteiger partial charge < -0.3 is 15.2 Å². The van der Waals surface area contributed by atoms with E-state index in [4.69, 9.17) is 4.74 Å². The molecule has 0 aliphatic heterocycles. The van der Waals surface area contributed by atoms with E-state index in [0.29, 0.717) is 18.7 Å². The molecule has 1 aromatic carbocycles. The molecule has 0 atom stereocenters. The van der Waals surface area contributed by atoms with Crippen LogP contribution in [-0.2, 0) is 24.3 Å². The Kier molecular flexibility index (Phi) is 13.0. The van der Waals surface area contributed by atoms with Gasteiger partial charge in [0.1, 0.15) is 0 Å². The first-order valence-corrected chi connectivity index (χ1v) is 12.6. The molecule has 1 amide bonds. The average Bonchev–Trinajstić information content (AvgIpc) is 3.27. The lowest BCUT2D eigenvalue weighted by molar-refractivity contribution is -0.121. The molecule has 0 saturated carbocycles. The summed E-state index contributed by atoms with van der Waals surface area (Å²) >= 11 is 0. The van der Waals surface area contributed by atoms with Gasteiger partial charge in [-0.05, 0) is 43.4 Å². The number of carbonyl (C=O) groups is 1. The van der Waals surface area contributed by atoms with Gasteiger partial charge in [-0.15, -0.1) is 5.10 Å². The second kappa shape index (κ2) is 16.1. The van der Waals surface area contributed by atoms with Crippen molar-refractivity contribution in [3.05, 3.63) is 35.7 Å². The summed E-state index contributed by atoms with van der Waals surface area (Å²) in [5.41, 5.74) is 2.02. The molecule has 0 radical (unpaired) electrons. The van der Waals surface area contributed by atoms with Crippen molar-refractivity contribution in [1.82, 2.24) is 20.3 Å². The van der Waals surface area contributed by atoms with Crippen LogP contribution in [-0.4, -0.2) is 33.1 Å². The normalized spacial score (nSPS) is 11.0. The van der Waals surface area contributed by atoms with E-state index >= 15 is 0 Å². The van der Waals surface area contributed by atoms with E-state index in [1.54, 1.807) is 18.2 Å². The standard InChI is InChI=1S/C26H42N4O3/c1-3-4-5-6-8-11-14-23-21-30(29-28-23)18-13-10-7-9-12-15-26(32)27-20-22-16-17-24(31)25(19-22)33-2/h16-17,19,21,31H,3-15,18,20H2,1-2H3,(H,27,32). The summed E-state index contributed by atoms with van der Waals surface area (Å²) in [6.45, 7) is 3.60. The van der Waals surface area contributed by atoms with Gasteiger partial charge >= 0.3 is 0 Å². The van der Waals surface area contributed by atoms with Crippen LogP contribution < -0.4 is 10.1 Å². The van der Waals surface area contributed by atoms with Crippen molar-refractivity contribution >= 4 is 5.91 Å². The van der Waals surface area contributed by atoms with Crippen LogP contribution in [0.3, 0.4) is 0 Å². The van der Waals surface area contributed by atoms with Gasteiger partial charge in [0.2, 0.25) is 5.91 Å². The number of hydrogen-bond donors (Lipinski definition) is 2. The fraction of sp³-hybridized carbons (Fsp3) is 0.654. The zero-order valence-electron chi connectivity index (χ0n) is 20.5. The number of phenols is 1. The van der Waals surface area contributed by atoms with Crippen molar-refractivity contribution in [2.24, 2.45) is 0 Å². The quantitative estimate of drug-likeness (QED) is 0.286. The van der Waals surface area contributed by atoms with Crippen LogP contribution in [0.15, 0.2) is 24.4 Å². The zero-order chi connectivity index (χ0) is 23.7. The van der Waals surface area contributed by atoms with Crippen LogP contribution in [0.25, 0.3) is 0 Å². The first-order valence-electron chi connectivity index (χ1n) is 12.6. The monoisotopic (exact) mass is 458 g/mol. The van der Waals surface area contributed by atoms with Gasteiger partial charge in [-0.1, -0.05) is 69.6 Å². The fourth-order valence-electron chi connectivity index (χ4n) is 3.86. The summed E-state index contributed by atoms with van der Waals surface area (Å²) < 4.78 is 7.06. The van der Waals surface area contributed by atoms with E-state index in [1.165, 1.54) is 45.6 Å². The Morgan fingerprint density at radius 2 is 1.76 bits per heavy atom. The number of phenolic OH excluding ortho intramolecular Hbond substituents is 1. The minimum atomic E-state index is 0.0579. The van der Waals surface area contributed by atoms with E-state index in [-0.39, 0.29) is 11.7 Å². The molecule has 33 heavy (non-hydrogen) atoms. The molecule has 0 bridgehead atoms. The minimum absolute atomic E-state index is 0.0579. The Morgan fingerprint density at radius 3 is 2.55 bits per heavy atom. The Balaban J connectivity index is 1.46. The summed E-state index contributed by atoms with van der Waals surface area (Å²) in [6, 6.07) is 5.10. The van der Waals surface area contributed by atoms with E-state index in [2.05, 4.69) is 28.7 Å². The Labute approximate surface area is 198 Å². The number of methoxy groups -OCH3 is 1. The van der Waals surface area contributed by atoms with Crippen molar-refractivity contribution in [1.29, 1.82) is 0 Å². The summed E-state index contributed by atoms with van der Waals surface area (Å²) in [5, 5.41) is 21.1. The van der Waals surface area contributed by atoms with Gasteiger partial charge in [0.25, 0.3) is 0 Å². The predicted molar refractivity (Wildman–Crippen MR) is 131 cm³/mol. The molecule has 184 valence electrons. The number of aromatic hydroxyl groups is 1. The highest BCUT2D eigenvalue weighted by Crippen LogP contribution is 2.26. The lowest BCUT2D eigenvalue weighted by Gasteiger charge is -2.08. The molecular formula is C26H42N4O3. The summed E-state index contributed by atoms with van der Waals surface area (Å²) in [7, 11) is 1.51. The topological polar surface area (TPSA) is 89.3 Å². The van der Waals surface area contributed by atoms with Gasteiger partial charge in [-0.2, -0.15) is 0 Å². The van der Waals surface area contributed by atoms with Crippen molar-refractivity contribution in [2.45, 2.75) is 103 Å². The molecule has 0 saturated heterocycles. The molecule has 0 aliphatic rings. The van der Waals surface area contributed by atoms with Crippen LogP contribution >= 0.6 is 0 Å². The number of carbonyl (C=O) groups excluding carboxylic acids is 1. The van der Waals surface area contributed by atoms with E-state index < -0.39 is 0 Å². The second-order valence-electron chi connectivity index (χ2n) is 8.79. The first-order chi connectivity index (χ1) is 16.1. The molecule has 0 unspecified atom stereocenters. The lowest BCUT2D eigenvalue weighted by atomic mass is 10.1. The molecule has 1 heterocycles. The van der Waals surface area contributed by atoms with Crippen LogP contribution in [0.5, 0.6) is 11.5 Å². The maximum Gasteiger partial charge on any atom is 0.220 e. The SMILES string of the molecule is CCCCCCCCc1cn(CCCCCCCC(=O)NCc2ccc(O)c(OC)c2)nn1. The predicted octanol–water partition coefficient (Wildman–Crippen LogP) is 5.55. The molecule has 7 nitrogen and oxygen atoms in total. The van der Waals surface area contributed by atoms with Gasteiger partial charge in [0, 0.05) is 25.7 Å². The van der Waals surface area contributed by atoms with E-state index in [1.807, 2.05) is 4.68 Å². The maximum atomic E-state index is 12.0. The van der Waals surface area contributed by atoms with Crippen LogP contribution in [0.2, 0.25) is 0 Å². The molecule has 2 aromatic rings. The highest BCUT2D eigenvalue weighted by molar-refractivity contribution is 5.75. The number of unbranched alkanes of at least 4 members (excludes halogenated alkanes) is 9. The van der Waals surface area contributed by atoms with Crippen LogP contribution in [0.1, 0.15) is 95.2 Å². The Bertz CT molecular complexity index is 807. The molecule has 1 aromatic heterocycles. The molecule has 7 heteroatoms. The Morgan fingerprint density at radius 1 is 1.03 bits per heavy atom. The average molecular weight is 459 g/mol. The van der Waals surface area contributed by atoms with Gasteiger partial charge in [-0.3, -0.25) is 9.48 Å². The number of aromatic nitrogens is 3. The Hall–Kier alpha value is -2.57. The van der Waals surface area contributed by atoms with E-state index in [0.717, 1.165) is 56.3 Å². The third kappa shape index (κ3) is 11.2. The number of nitrogens with one attached hydrogen (secondary N) is 1. The number of rotatable bonds is 18. The van der Waals surface area contributed by atoms with Crippen molar-refractivity contribution < 1.29 is 14.6 Å². The van der Waals surface area contributed by atoms with Gasteiger partial charge in [-0.25, -0.2) is 0 Å². The summed E-state index contributed by atoms with van der Waals surface area (Å²) in [4.78, 5) is 12.0. The summed E-state index contributed by atoms with van der Waals surface area (Å²) in [6.07, 6.45) is 16.8. The van der Waals surface area contributed by atoms with Crippen LogP contribution in [0, 0.1) is 0 Å². The van der Waals surface area contributed by atoms with Crippen molar-refractivity contribution in [3.63, 3.8) is 0 Å². The van der Waals surface area contributed by atoms with Gasteiger partial charge in [0.05, 0.1) is 12.8 Å². The van der Waals surface area contributed by atoms with Crippen molar-refractivity contribution in [3.8, 4) is 11.5 Å².